The van der Waals surface area contributed by atoms with Gasteiger partial charge in [-0.05, 0) is 80.8 Å². The maximum Gasteiger partial charge on any atom is 0.166 e. The average Bonchev–Trinajstić information content (AvgIpc) is 2.41. The summed E-state index contributed by atoms with van der Waals surface area (Å²) in [4.78, 5) is 0. The maximum atomic E-state index is 13.5. The van der Waals surface area contributed by atoms with Crippen LogP contribution < -0.4 is 5.32 Å². The van der Waals surface area contributed by atoms with E-state index in [1.54, 1.807) is 6.07 Å². The second-order valence-electron chi connectivity index (χ2n) is 7.81. The number of aromatic hydroxyl groups is 1. The molecule has 0 amide bonds. The molecule has 0 radical (unpaired) electrons. The Morgan fingerprint density at radius 3 is 2.24 bits per heavy atom. The van der Waals surface area contributed by atoms with Crippen molar-refractivity contribution in [1.82, 2.24) is 0 Å². The average molecular weight is 289 g/mol. The van der Waals surface area contributed by atoms with Crippen molar-refractivity contribution in [2.24, 2.45) is 23.2 Å². The molecule has 1 unspecified atom stereocenters. The van der Waals surface area contributed by atoms with Crippen molar-refractivity contribution < 1.29 is 9.50 Å². The molecule has 0 saturated heterocycles. The van der Waals surface area contributed by atoms with Crippen LogP contribution in [0.15, 0.2) is 18.2 Å². The molecule has 4 aliphatic rings. The van der Waals surface area contributed by atoms with Crippen molar-refractivity contribution in [2.45, 2.75) is 51.5 Å². The van der Waals surface area contributed by atoms with Crippen LogP contribution in [0.4, 0.5) is 10.1 Å². The first kappa shape index (κ1) is 13.4. The molecule has 4 bridgehead atoms. The number of hydrogen-bond donors (Lipinski definition) is 2. The van der Waals surface area contributed by atoms with Crippen LogP contribution in [0, 0.1) is 29.0 Å². The molecular formula is C18H24FNO. The van der Waals surface area contributed by atoms with Gasteiger partial charge in [0, 0.05) is 17.8 Å². The van der Waals surface area contributed by atoms with E-state index in [1.807, 2.05) is 0 Å². The van der Waals surface area contributed by atoms with Gasteiger partial charge in [0.25, 0.3) is 0 Å². The van der Waals surface area contributed by atoms with E-state index >= 15 is 0 Å². The molecular weight excluding hydrogens is 265 g/mol. The predicted octanol–water partition coefficient (Wildman–Crippen LogP) is 4.55. The topological polar surface area (TPSA) is 32.3 Å². The van der Waals surface area contributed by atoms with E-state index in [-0.39, 0.29) is 5.75 Å². The van der Waals surface area contributed by atoms with Gasteiger partial charge in [0.1, 0.15) is 0 Å². The maximum absolute atomic E-state index is 13.5. The third kappa shape index (κ3) is 2.21. The van der Waals surface area contributed by atoms with Gasteiger partial charge in [-0.15, -0.1) is 0 Å². The SMILES string of the molecule is CC(Nc1ccc(O)c(F)c1)C12CC3CC(CC(C3)C1)C2. The van der Waals surface area contributed by atoms with Crippen LogP contribution in [-0.2, 0) is 0 Å². The summed E-state index contributed by atoms with van der Waals surface area (Å²) in [5.74, 6) is 1.96. The Kier molecular flexibility index (Phi) is 2.95. The number of rotatable bonds is 3. The van der Waals surface area contributed by atoms with Crippen molar-refractivity contribution in [2.75, 3.05) is 5.32 Å². The van der Waals surface area contributed by atoms with Crippen molar-refractivity contribution in [3.63, 3.8) is 0 Å². The van der Waals surface area contributed by atoms with Crippen LogP contribution in [0.2, 0.25) is 0 Å². The quantitative estimate of drug-likeness (QED) is 0.800. The van der Waals surface area contributed by atoms with E-state index in [4.69, 9.17) is 0 Å². The largest absolute Gasteiger partial charge is 0.505 e. The van der Waals surface area contributed by atoms with E-state index in [1.165, 1.54) is 50.7 Å². The molecule has 3 heteroatoms. The Bertz CT molecular complexity index is 521. The van der Waals surface area contributed by atoms with Gasteiger partial charge in [-0.2, -0.15) is 0 Å². The lowest BCUT2D eigenvalue weighted by atomic mass is 9.48. The number of phenols is 1. The zero-order valence-electron chi connectivity index (χ0n) is 12.6. The molecule has 2 nitrogen and oxygen atoms in total. The highest BCUT2D eigenvalue weighted by Crippen LogP contribution is 2.61. The Labute approximate surface area is 125 Å². The van der Waals surface area contributed by atoms with E-state index in [0.29, 0.717) is 11.5 Å². The molecule has 0 aliphatic heterocycles. The second-order valence-corrected chi connectivity index (χ2v) is 7.81. The number of benzene rings is 1. The molecule has 5 rings (SSSR count). The molecule has 4 aliphatic carbocycles. The van der Waals surface area contributed by atoms with Crippen LogP contribution in [0.3, 0.4) is 0 Å². The molecule has 0 spiro atoms. The Hall–Kier alpha value is -1.25. The molecule has 114 valence electrons. The van der Waals surface area contributed by atoms with Gasteiger partial charge in [0.15, 0.2) is 11.6 Å². The lowest BCUT2D eigenvalue weighted by molar-refractivity contribution is -0.0602. The summed E-state index contributed by atoms with van der Waals surface area (Å²) in [5.41, 5.74) is 1.19. The predicted molar refractivity (Wildman–Crippen MR) is 81.8 cm³/mol. The van der Waals surface area contributed by atoms with E-state index in [9.17, 15) is 9.50 Å². The van der Waals surface area contributed by atoms with Gasteiger partial charge >= 0.3 is 0 Å². The zero-order chi connectivity index (χ0) is 14.6. The number of halogens is 1. The minimum atomic E-state index is -0.544. The number of phenolic OH excluding ortho intramolecular Hbond substituents is 1. The van der Waals surface area contributed by atoms with E-state index < -0.39 is 5.82 Å². The van der Waals surface area contributed by atoms with Crippen molar-refractivity contribution in [1.29, 1.82) is 0 Å². The normalized spacial score (nSPS) is 38.5. The fourth-order valence-corrected chi connectivity index (χ4v) is 5.71. The molecule has 1 atom stereocenters. The first-order valence-corrected chi connectivity index (χ1v) is 8.29. The van der Waals surface area contributed by atoms with E-state index in [0.717, 1.165) is 23.4 Å². The smallest absolute Gasteiger partial charge is 0.166 e. The fraction of sp³-hybridized carbons (Fsp3) is 0.667. The molecule has 1 aromatic carbocycles. The molecule has 0 aromatic heterocycles. The molecule has 4 fully saturated rings. The van der Waals surface area contributed by atoms with Gasteiger partial charge in [-0.25, -0.2) is 4.39 Å². The first-order chi connectivity index (χ1) is 10.0. The minimum absolute atomic E-state index is 0.275. The molecule has 2 N–H and O–H groups in total. The number of nitrogens with one attached hydrogen (secondary N) is 1. The summed E-state index contributed by atoms with van der Waals surface area (Å²) in [7, 11) is 0. The lowest BCUT2D eigenvalue weighted by Gasteiger charge is -2.59. The third-order valence-electron chi connectivity index (χ3n) is 6.34. The minimum Gasteiger partial charge on any atom is -0.505 e. The zero-order valence-corrected chi connectivity index (χ0v) is 12.6. The lowest BCUT2D eigenvalue weighted by Crippen LogP contribution is -2.52. The molecule has 1 aromatic rings. The highest BCUT2D eigenvalue weighted by Gasteiger charge is 2.53. The molecule has 21 heavy (non-hydrogen) atoms. The van der Waals surface area contributed by atoms with Crippen LogP contribution in [-0.4, -0.2) is 11.1 Å². The van der Waals surface area contributed by atoms with Gasteiger partial charge in [-0.1, -0.05) is 0 Å². The summed E-state index contributed by atoms with van der Waals surface area (Å²) < 4.78 is 13.5. The number of anilines is 1. The van der Waals surface area contributed by atoms with Crippen LogP contribution in [0.25, 0.3) is 0 Å². The first-order valence-electron chi connectivity index (χ1n) is 8.29. The van der Waals surface area contributed by atoms with Gasteiger partial charge < -0.3 is 10.4 Å². The summed E-state index contributed by atoms with van der Waals surface area (Å²) in [5, 5.41) is 12.8. The van der Waals surface area contributed by atoms with Crippen LogP contribution in [0.1, 0.15) is 45.4 Å². The highest BCUT2D eigenvalue weighted by atomic mass is 19.1. The van der Waals surface area contributed by atoms with Crippen molar-refractivity contribution in [3.8, 4) is 5.75 Å². The summed E-state index contributed by atoms with van der Waals surface area (Å²) in [6.45, 7) is 2.26. The highest BCUT2D eigenvalue weighted by molar-refractivity contribution is 5.48. The summed E-state index contributed by atoms with van der Waals surface area (Å²) in [6, 6.07) is 4.99. The van der Waals surface area contributed by atoms with Crippen LogP contribution in [0.5, 0.6) is 5.75 Å². The fourth-order valence-electron chi connectivity index (χ4n) is 5.71. The van der Waals surface area contributed by atoms with Crippen molar-refractivity contribution in [3.05, 3.63) is 24.0 Å². The second kappa shape index (κ2) is 4.62. The van der Waals surface area contributed by atoms with Gasteiger partial charge in [0.05, 0.1) is 0 Å². The van der Waals surface area contributed by atoms with Gasteiger partial charge in [-0.3, -0.25) is 0 Å². The molecule has 4 saturated carbocycles. The Morgan fingerprint density at radius 1 is 1.14 bits per heavy atom. The summed E-state index contributed by atoms with van der Waals surface area (Å²) in [6.07, 6.45) is 8.36. The standard InChI is InChI=1S/C18H24FNO/c1-11(20-15-2-3-17(21)16(19)7-15)18-8-12-4-13(9-18)6-14(5-12)10-18/h2-3,7,11-14,20-21H,4-6,8-10H2,1H3. The summed E-state index contributed by atoms with van der Waals surface area (Å²) >= 11 is 0. The number of hydrogen-bond acceptors (Lipinski definition) is 2. The Morgan fingerprint density at radius 2 is 1.71 bits per heavy atom. The monoisotopic (exact) mass is 289 g/mol. The Balaban J connectivity index is 1.54. The van der Waals surface area contributed by atoms with Gasteiger partial charge in [0.2, 0.25) is 0 Å². The van der Waals surface area contributed by atoms with E-state index in [2.05, 4.69) is 12.2 Å². The third-order valence-corrected chi connectivity index (χ3v) is 6.34. The van der Waals surface area contributed by atoms with Crippen molar-refractivity contribution >= 4 is 5.69 Å². The van der Waals surface area contributed by atoms with Crippen LogP contribution >= 0.6 is 0 Å². The molecule has 0 heterocycles.